The summed E-state index contributed by atoms with van der Waals surface area (Å²) in [5.74, 6) is 0.00158. The van der Waals surface area contributed by atoms with Crippen molar-refractivity contribution < 1.29 is 4.79 Å². The molecule has 4 nitrogen and oxygen atoms in total. The van der Waals surface area contributed by atoms with Crippen LogP contribution in [-0.4, -0.2) is 28.7 Å². The Kier molecular flexibility index (Phi) is 5.47. The average Bonchev–Trinajstić information content (AvgIpc) is 3.16. The number of carbonyl (C=O) groups excluding carboxylic acids is 1. The first-order chi connectivity index (χ1) is 13.7. The highest BCUT2D eigenvalue weighted by atomic mass is 16.1. The molecule has 1 heterocycles. The molecule has 4 heteroatoms. The molecule has 4 rings (SSSR count). The molecule has 0 spiro atoms. The lowest BCUT2D eigenvalue weighted by molar-refractivity contribution is 0.0250. The summed E-state index contributed by atoms with van der Waals surface area (Å²) in [6.07, 6.45) is 6.74. The highest BCUT2D eigenvalue weighted by molar-refractivity contribution is 5.94. The van der Waals surface area contributed by atoms with Gasteiger partial charge in [0.25, 0.3) is 5.91 Å². The van der Waals surface area contributed by atoms with Crippen molar-refractivity contribution in [2.45, 2.75) is 57.0 Å². The molecule has 1 fully saturated rings. The number of hydrazone groups is 1. The van der Waals surface area contributed by atoms with Gasteiger partial charge in [-0.25, -0.2) is 0 Å². The summed E-state index contributed by atoms with van der Waals surface area (Å²) in [5.41, 5.74) is 3.09. The van der Waals surface area contributed by atoms with Gasteiger partial charge >= 0.3 is 0 Å². The molecule has 2 aromatic rings. The van der Waals surface area contributed by atoms with E-state index >= 15 is 0 Å². The fraction of sp³-hybridized carbons (Fsp3) is 0.417. The van der Waals surface area contributed by atoms with Gasteiger partial charge in [0.2, 0.25) is 0 Å². The highest BCUT2D eigenvalue weighted by Crippen LogP contribution is 2.43. The number of amides is 1. The van der Waals surface area contributed by atoms with Crippen LogP contribution in [0.25, 0.3) is 0 Å². The Bertz CT molecular complexity index is 825. The standard InChI is InChI=1S/C24H29N3O/c1-19-17-22(20-11-5-2-6-12-20)27(26-19)24(15-9-4-10-16-24)18-25-23(28)21-13-7-3-8-14-21/h2-3,5-8,11-14,22H,4,9-10,15-18H2,1H3,(H,25,28). The first-order valence-corrected chi connectivity index (χ1v) is 10.4. The molecule has 146 valence electrons. The second kappa shape index (κ2) is 8.17. The van der Waals surface area contributed by atoms with Crippen molar-refractivity contribution in [3.63, 3.8) is 0 Å². The summed E-state index contributed by atoms with van der Waals surface area (Å²) in [4.78, 5) is 12.7. The van der Waals surface area contributed by atoms with Gasteiger partial charge in [-0.3, -0.25) is 9.80 Å². The molecule has 1 aliphatic carbocycles. The number of benzene rings is 2. The summed E-state index contributed by atoms with van der Waals surface area (Å²) in [6, 6.07) is 20.4. The Hall–Kier alpha value is -2.62. The van der Waals surface area contributed by atoms with Gasteiger partial charge in [-0.2, -0.15) is 5.10 Å². The fourth-order valence-electron chi connectivity index (χ4n) is 4.66. The van der Waals surface area contributed by atoms with Crippen molar-refractivity contribution in [1.29, 1.82) is 0 Å². The Morgan fingerprint density at radius 2 is 1.68 bits per heavy atom. The van der Waals surface area contributed by atoms with Crippen molar-refractivity contribution >= 4 is 11.6 Å². The lowest BCUT2D eigenvalue weighted by Gasteiger charge is -2.46. The number of nitrogens with one attached hydrogen (secondary N) is 1. The molecule has 1 atom stereocenters. The zero-order valence-corrected chi connectivity index (χ0v) is 16.6. The van der Waals surface area contributed by atoms with Gasteiger partial charge in [-0.1, -0.05) is 67.8 Å². The van der Waals surface area contributed by atoms with E-state index in [2.05, 4.69) is 47.6 Å². The lowest BCUT2D eigenvalue weighted by Crippen LogP contribution is -2.54. The minimum atomic E-state index is -0.110. The normalized spacial score (nSPS) is 21.2. The molecule has 0 radical (unpaired) electrons. The van der Waals surface area contributed by atoms with Crippen LogP contribution in [0.5, 0.6) is 0 Å². The molecule has 28 heavy (non-hydrogen) atoms. The number of rotatable bonds is 5. The Balaban J connectivity index is 1.58. The average molecular weight is 376 g/mol. The summed E-state index contributed by atoms with van der Waals surface area (Å²) in [5, 5.41) is 10.6. The molecule has 0 saturated heterocycles. The van der Waals surface area contributed by atoms with Crippen molar-refractivity contribution in [3.05, 3.63) is 71.8 Å². The molecule has 1 amide bonds. The number of carbonyl (C=O) groups is 1. The van der Waals surface area contributed by atoms with Gasteiger partial charge in [0, 0.05) is 24.2 Å². The first kappa shape index (κ1) is 18.7. The minimum absolute atomic E-state index is 0.00158. The second-order valence-electron chi connectivity index (χ2n) is 8.14. The SMILES string of the molecule is CC1=NN(C2(CNC(=O)c3ccccc3)CCCCC2)C(c2ccccc2)C1. The van der Waals surface area contributed by atoms with E-state index in [0.29, 0.717) is 12.1 Å². The van der Waals surface area contributed by atoms with Crippen LogP contribution in [0.4, 0.5) is 0 Å². The second-order valence-corrected chi connectivity index (χ2v) is 8.14. The lowest BCUT2D eigenvalue weighted by atomic mass is 9.79. The van der Waals surface area contributed by atoms with Crippen LogP contribution in [0, 0.1) is 0 Å². The van der Waals surface area contributed by atoms with E-state index in [1.807, 2.05) is 30.3 Å². The maximum Gasteiger partial charge on any atom is 0.251 e. The van der Waals surface area contributed by atoms with E-state index in [-0.39, 0.29) is 17.5 Å². The summed E-state index contributed by atoms with van der Waals surface area (Å²) >= 11 is 0. The van der Waals surface area contributed by atoms with Crippen LogP contribution in [0.1, 0.15) is 67.4 Å². The molecular weight excluding hydrogens is 346 g/mol. The molecule has 0 bridgehead atoms. The van der Waals surface area contributed by atoms with Gasteiger partial charge in [-0.15, -0.1) is 0 Å². The number of nitrogens with zero attached hydrogens (tertiary/aromatic N) is 2. The maximum atomic E-state index is 12.7. The summed E-state index contributed by atoms with van der Waals surface area (Å²) in [6.45, 7) is 2.76. The molecule has 1 aliphatic heterocycles. The van der Waals surface area contributed by atoms with Crippen LogP contribution in [0.3, 0.4) is 0 Å². The van der Waals surface area contributed by atoms with E-state index in [4.69, 9.17) is 5.10 Å². The van der Waals surface area contributed by atoms with Gasteiger partial charge < -0.3 is 5.32 Å². The number of hydrogen-bond donors (Lipinski definition) is 1. The maximum absolute atomic E-state index is 12.7. The van der Waals surface area contributed by atoms with Crippen LogP contribution < -0.4 is 5.32 Å². The smallest absolute Gasteiger partial charge is 0.251 e. The van der Waals surface area contributed by atoms with E-state index in [1.54, 1.807) is 0 Å². The van der Waals surface area contributed by atoms with Crippen LogP contribution in [0.2, 0.25) is 0 Å². The molecule has 0 aromatic heterocycles. The zero-order valence-electron chi connectivity index (χ0n) is 16.6. The minimum Gasteiger partial charge on any atom is -0.350 e. The summed E-state index contributed by atoms with van der Waals surface area (Å²) in [7, 11) is 0. The molecule has 1 unspecified atom stereocenters. The van der Waals surface area contributed by atoms with Gasteiger partial charge in [0.15, 0.2) is 0 Å². The predicted octanol–water partition coefficient (Wildman–Crippen LogP) is 4.94. The third-order valence-corrected chi connectivity index (χ3v) is 6.13. The quantitative estimate of drug-likeness (QED) is 0.804. The van der Waals surface area contributed by atoms with Crippen molar-refractivity contribution in [1.82, 2.24) is 10.3 Å². The van der Waals surface area contributed by atoms with E-state index in [0.717, 1.165) is 19.3 Å². The topological polar surface area (TPSA) is 44.7 Å². The van der Waals surface area contributed by atoms with E-state index in [9.17, 15) is 4.79 Å². The third kappa shape index (κ3) is 3.82. The van der Waals surface area contributed by atoms with Crippen LogP contribution in [-0.2, 0) is 0 Å². The fourth-order valence-corrected chi connectivity index (χ4v) is 4.66. The highest BCUT2D eigenvalue weighted by Gasteiger charge is 2.44. The molecule has 1 N–H and O–H groups in total. The van der Waals surface area contributed by atoms with Gasteiger partial charge in [-0.05, 0) is 37.5 Å². The zero-order chi connectivity index (χ0) is 19.4. The third-order valence-electron chi connectivity index (χ3n) is 6.13. The summed E-state index contributed by atoms with van der Waals surface area (Å²) < 4.78 is 0. The Morgan fingerprint density at radius 3 is 2.36 bits per heavy atom. The molecule has 1 saturated carbocycles. The van der Waals surface area contributed by atoms with Crippen molar-refractivity contribution in [3.8, 4) is 0 Å². The molecular formula is C24H29N3O. The van der Waals surface area contributed by atoms with Gasteiger partial charge in [0.05, 0.1) is 11.6 Å². The van der Waals surface area contributed by atoms with E-state index in [1.165, 1.54) is 30.5 Å². The van der Waals surface area contributed by atoms with Crippen LogP contribution in [0.15, 0.2) is 65.8 Å². The number of hydrogen-bond acceptors (Lipinski definition) is 3. The van der Waals surface area contributed by atoms with Gasteiger partial charge in [0.1, 0.15) is 0 Å². The first-order valence-electron chi connectivity index (χ1n) is 10.4. The molecule has 2 aliphatic rings. The van der Waals surface area contributed by atoms with E-state index < -0.39 is 0 Å². The van der Waals surface area contributed by atoms with Crippen molar-refractivity contribution in [2.24, 2.45) is 5.10 Å². The molecule has 2 aromatic carbocycles. The Labute approximate surface area is 167 Å². The van der Waals surface area contributed by atoms with Crippen LogP contribution >= 0.6 is 0 Å². The Morgan fingerprint density at radius 1 is 1.04 bits per heavy atom. The predicted molar refractivity (Wildman–Crippen MR) is 113 cm³/mol. The monoisotopic (exact) mass is 375 g/mol. The van der Waals surface area contributed by atoms with Crippen molar-refractivity contribution in [2.75, 3.05) is 6.54 Å². The largest absolute Gasteiger partial charge is 0.350 e.